The van der Waals surface area contributed by atoms with Gasteiger partial charge in [-0.3, -0.25) is 4.79 Å². The molecule has 0 saturated carbocycles. The van der Waals surface area contributed by atoms with Crippen molar-refractivity contribution in [1.29, 1.82) is 0 Å². The average Bonchev–Trinajstić information content (AvgIpc) is 3.19. The van der Waals surface area contributed by atoms with E-state index in [4.69, 9.17) is 9.47 Å². The number of nitrogens with one attached hydrogen (secondary N) is 1. The number of amides is 1. The summed E-state index contributed by atoms with van der Waals surface area (Å²) >= 11 is 0. The zero-order valence-electron chi connectivity index (χ0n) is 16.1. The van der Waals surface area contributed by atoms with E-state index in [9.17, 15) is 13.2 Å². The Balaban J connectivity index is 1.87. The molecule has 0 radical (unpaired) electrons. The second kappa shape index (κ2) is 8.20. The normalized spacial score (nSPS) is 17.3. The van der Waals surface area contributed by atoms with E-state index in [1.54, 1.807) is 42.5 Å². The molecule has 0 spiro atoms. The fourth-order valence-corrected chi connectivity index (χ4v) is 4.97. The molecule has 2 aromatic rings. The van der Waals surface area contributed by atoms with Crippen molar-refractivity contribution in [3.63, 3.8) is 0 Å². The summed E-state index contributed by atoms with van der Waals surface area (Å²) in [5.74, 6) is 0.480. The maximum absolute atomic E-state index is 13.1. The number of ether oxygens (including phenoxy) is 2. The number of hydrogen-bond donors (Lipinski definition) is 1. The van der Waals surface area contributed by atoms with Crippen LogP contribution < -0.4 is 14.8 Å². The van der Waals surface area contributed by atoms with Gasteiger partial charge in [0.25, 0.3) is 0 Å². The molecule has 0 unspecified atom stereocenters. The monoisotopic (exact) mass is 404 g/mol. The second-order valence-corrected chi connectivity index (χ2v) is 8.50. The standard InChI is InChI=1S/C20H24N2O5S/c1-14-9-11-15(12-10-14)28(24,25)22-13-5-6-16(22)20(23)21-19-17(26-2)7-4-8-18(19)27-3/h4,7-12,16H,5-6,13H2,1-3H3,(H,21,23)/t16-/m0/s1. The van der Waals surface area contributed by atoms with Crippen molar-refractivity contribution in [2.24, 2.45) is 0 Å². The van der Waals surface area contributed by atoms with E-state index in [0.29, 0.717) is 36.6 Å². The SMILES string of the molecule is COc1cccc(OC)c1NC(=O)[C@@H]1CCCN1S(=O)(=O)c1ccc(C)cc1. The summed E-state index contributed by atoms with van der Waals surface area (Å²) in [6.07, 6.45) is 1.07. The van der Waals surface area contributed by atoms with Gasteiger partial charge in [-0.25, -0.2) is 8.42 Å². The highest BCUT2D eigenvalue weighted by Crippen LogP contribution is 2.35. The lowest BCUT2D eigenvalue weighted by Crippen LogP contribution is -2.43. The molecule has 1 atom stereocenters. The van der Waals surface area contributed by atoms with Crippen LogP contribution in [0, 0.1) is 6.92 Å². The fourth-order valence-electron chi connectivity index (χ4n) is 3.32. The van der Waals surface area contributed by atoms with E-state index >= 15 is 0 Å². The number of benzene rings is 2. The van der Waals surface area contributed by atoms with Crippen LogP contribution in [0.25, 0.3) is 0 Å². The zero-order chi connectivity index (χ0) is 20.3. The first kappa shape index (κ1) is 20.2. The predicted octanol–water partition coefficient (Wildman–Crippen LogP) is 2.80. The van der Waals surface area contributed by atoms with Gasteiger partial charge in [-0.05, 0) is 44.0 Å². The molecule has 1 amide bonds. The molecule has 1 fully saturated rings. The smallest absolute Gasteiger partial charge is 0.243 e. The van der Waals surface area contributed by atoms with Crippen LogP contribution >= 0.6 is 0 Å². The Kier molecular flexibility index (Phi) is 5.90. The van der Waals surface area contributed by atoms with Gasteiger partial charge in [-0.15, -0.1) is 0 Å². The number of rotatable bonds is 6. The molecule has 2 aromatic carbocycles. The van der Waals surface area contributed by atoms with Crippen LogP contribution in [0.4, 0.5) is 5.69 Å². The molecule has 3 rings (SSSR count). The van der Waals surface area contributed by atoms with Gasteiger partial charge in [0, 0.05) is 6.54 Å². The van der Waals surface area contributed by atoms with E-state index in [2.05, 4.69) is 5.32 Å². The summed E-state index contributed by atoms with van der Waals surface area (Å²) in [7, 11) is -0.775. The predicted molar refractivity (Wildman–Crippen MR) is 106 cm³/mol. The summed E-state index contributed by atoms with van der Waals surface area (Å²) in [6, 6.07) is 11.0. The molecule has 1 aliphatic heterocycles. The van der Waals surface area contributed by atoms with Crippen molar-refractivity contribution in [1.82, 2.24) is 4.31 Å². The molecule has 28 heavy (non-hydrogen) atoms. The van der Waals surface area contributed by atoms with Gasteiger partial charge in [0.1, 0.15) is 23.2 Å². The number of nitrogens with zero attached hydrogens (tertiary/aromatic N) is 1. The van der Waals surface area contributed by atoms with Gasteiger partial charge >= 0.3 is 0 Å². The van der Waals surface area contributed by atoms with E-state index in [1.165, 1.54) is 18.5 Å². The van der Waals surface area contributed by atoms with Crippen molar-refractivity contribution < 1.29 is 22.7 Å². The maximum atomic E-state index is 13.1. The first-order valence-electron chi connectivity index (χ1n) is 8.99. The van der Waals surface area contributed by atoms with E-state index in [0.717, 1.165) is 5.56 Å². The lowest BCUT2D eigenvalue weighted by atomic mass is 10.2. The number of carbonyl (C=O) groups excluding carboxylic acids is 1. The van der Waals surface area contributed by atoms with Crippen LogP contribution in [0.15, 0.2) is 47.4 Å². The lowest BCUT2D eigenvalue weighted by Gasteiger charge is -2.24. The molecule has 1 N–H and O–H groups in total. The third-order valence-corrected chi connectivity index (χ3v) is 6.73. The van der Waals surface area contributed by atoms with Gasteiger partial charge in [0.05, 0.1) is 19.1 Å². The maximum Gasteiger partial charge on any atom is 0.243 e. The first-order valence-corrected chi connectivity index (χ1v) is 10.4. The molecular formula is C20H24N2O5S. The Hall–Kier alpha value is -2.58. The topological polar surface area (TPSA) is 84.9 Å². The summed E-state index contributed by atoms with van der Waals surface area (Å²) in [4.78, 5) is 13.2. The minimum Gasteiger partial charge on any atom is -0.494 e. The third-order valence-electron chi connectivity index (χ3n) is 4.81. The number of hydrogen-bond acceptors (Lipinski definition) is 5. The Morgan fingerprint density at radius 3 is 2.25 bits per heavy atom. The molecule has 0 aliphatic carbocycles. The minimum absolute atomic E-state index is 0.188. The third kappa shape index (κ3) is 3.83. The van der Waals surface area contributed by atoms with Crippen LogP contribution in [-0.4, -0.2) is 45.4 Å². The zero-order valence-corrected chi connectivity index (χ0v) is 17.0. The summed E-state index contributed by atoms with van der Waals surface area (Å²) < 4.78 is 38.0. The van der Waals surface area contributed by atoms with Crippen LogP contribution in [0.1, 0.15) is 18.4 Å². The quantitative estimate of drug-likeness (QED) is 0.800. The molecule has 1 saturated heterocycles. The lowest BCUT2D eigenvalue weighted by molar-refractivity contribution is -0.119. The van der Waals surface area contributed by atoms with Crippen molar-refractivity contribution in [3.05, 3.63) is 48.0 Å². The molecule has 1 heterocycles. The largest absolute Gasteiger partial charge is 0.494 e. The molecule has 0 bridgehead atoms. The number of aryl methyl sites for hydroxylation is 1. The number of methoxy groups -OCH3 is 2. The Bertz CT molecular complexity index is 935. The Morgan fingerprint density at radius 2 is 1.68 bits per heavy atom. The number of anilines is 1. The van der Waals surface area contributed by atoms with Gasteiger partial charge in [-0.2, -0.15) is 4.31 Å². The van der Waals surface area contributed by atoms with Crippen LogP contribution in [0.2, 0.25) is 0 Å². The van der Waals surface area contributed by atoms with Crippen molar-refractivity contribution in [2.45, 2.75) is 30.7 Å². The van der Waals surface area contributed by atoms with E-state index < -0.39 is 22.0 Å². The fraction of sp³-hybridized carbons (Fsp3) is 0.350. The molecule has 0 aromatic heterocycles. The Labute approximate surface area is 165 Å². The minimum atomic E-state index is -3.76. The summed E-state index contributed by atoms with van der Waals surface area (Å²) in [6.45, 7) is 2.19. The van der Waals surface area contributed by atoms with Crippen molar-refractivity contribution in [3.8, 4) is 11.5 Å². The molecule has 150 valence electrons. The first-order chi connectivity index (χ1) is 13.4. The average molecular weight is 404 g/mol. The highest BCUT2D eigenvalue weighted by molar-refractivity contribution is 7.89. The van der Waals surface area contributed by atoms with Crippen LogP contribution in [-0.2, 0) is 14.8 Å². The van der Waals surface area contributed by atoms with Crippen molar-refractivity contribution >= 4 is 21.6 Å². The van der Waals surface area contributed by atoms with Gasteiger partial charge in [0.15, 0.2) is 0 Å². The highest BCUT2D eigenvalue weighted by atomic mass is 32.2. The molecule has 1 aliphatic rings. The van der Waals surface area contributed by atoms with E-state index in [1.807, 2.05) is 6.92 Å². The molecule has 8 heteroatoms. The molecular weight excluding hydrogens is 380 g/mol. The van der Waals surface area contributed by atoms with Crippen LogP contribution in [0.5, 0.6) is 11.5 Å². The van der Waals surface area contributed by atoms with Crippen molar-refractivity contribution in [2.75, 3.05) is 26.1 Å². The number of sulfonamides is 1. The van der Waals surface area contributed by atoms with Gasteiger partial charge < -0.3 is 14.8 Å². The second-order valence-electron chi connectivity index (χ2n) is 6.61. The van der Waals surface area contributed by atoms with E-state index in [-0.39, 0.29) is 4.90 Å². The molecule has 7 nitrogen and oxygen atoms in total. The highest BCUT2D eigenvalue weighted by Gasteiger charge is 2.39. The Morgan fingerprint density at radius 1 is 1.07 bits per heavy atom. The summed E-state index contributed by atoms with van der Waals surface area (Å²) in [5.41, 5.74) is 1.36. The number of carbonyl (C=O) groups is 1. The van der Waals surface area contributed by atoms with Crippen LogP contribution in [0.3, 0.4) is 0 Å². The van der Waals surface area contributed by atoms with Gasteiger partial charge in [0.2, 0.25) is 15.9 Å². The summed E-state index contributed by atoms with van der Waals surface area (Å²) in [5, 5.41) is 2.79. The number of para-hydroxylation sites is 1. The van der Waals surface area contributed by atoms with Gasteiger partial charge in [-0.1, -0.05) is 23.8 Å².